The summed E-state index contributed by atoms with van der Waals surface area (Å²) in [5.74, 6) is -3.02. The fraction of sp³-hybridized carbons (Fsp3) is 0.250. The molecule has 2 N–H and O–H groups in total. The van der Waals surface area contributed by atoms with Crippen LogP contribution < -0.4 is 5.32 Å². The van der Waals surface area contributed by atoms with E-state index in [4.69, 9.17) is 5.11 Å². The average molecular weight is 238 g/mol. The third-order valence-electron chi connectivity index (χ3n) is 1.54. The Kier molecular flexibility index (Phi) is 3.31. The topological polar surface area (TPSA) is 62.2 Å². The molecule has 16 heavy (non-hydrogen) atoms. The molecule has 1 heterocycles. The first kappa shape index (κ1) is 12.2. The van der Waals surface area contributed by atoms with Crippen LogP contribution in [0.5, 0.6) is 0 Å². The lowest BCUT2D eigenvalue weighted by Gasteiger charge is -2.10. The lowest BCUT2D eigenvalue weighted by atomic mass is 10.2. The number of alkyl halides is 3. The van der Waals surface area contributed by atoms with Gasteiger partial charge in [0, 0.05) is 0 Å². The summed E-state index contributed by atoms with van der Waals surface area (Å²) in [5.41, 5.74) is -0.649. The van der Waals surface area contributed by atoms with E-state index in [-0.39, 0.29) is 0 Å². The van der Waals surface area contributed by atoms with Gasteiger partial charge >= 0.3 is 12.1 Å². The van der Waals surface area contributed by atoms with E-state index in [0.717, 1.165) is 0 Å². The van der Waals surface area contributed by atoms with Crippen LogP contribution in [0.15, 0.2) is 12.3 Å². The maximum atomic E-state index is 12.6. The van der Waals surface area contributed by atoms with Crippen LogP contribution in [-0.2, 0) is 0 Å². The van der Waals surface area contributed by atoms with Crippen molar-refractivity contribution < 1.29 is 27.5 Å². The molecule has 0 aliphatic heterocycles. The predicted molar refractivity (Wildman–Crippen MR) is 45.7 cm³/mol. The Balaban J connectivity index is 2.91. The van der Waals surface area contributed by atoms with Gasteiger partial charge in [-0.3, -0.25) is 0 Å². The van der Waals surface area contributed by atoms with Gasteiger partial charge in [0.05, 0.1) is 6.20 Å². The molecule has 88 valence electrons. The van der Waals surface area contributed by atoms with Crippen LogP contribution in [0, 0.1) is 5.82 Å². The Morgan fingerprint density at radius 3 is 2.62 bits per heavy atom. The van der Waals surface area contributed by atoms with Gasteiger partial charge in [-0.1, -0.05) is 0 Å². The number of carboxylic acid groups (broad SMARTS) is 1. The SMILES string of the molecule is O=C(O)c1cc(F)cnc1NCC(F)(F)F. The van der Waals surface area contributed by atoms with E-state index < -0.39 is 35.9 Å². The van der Waals surface area contributed by atoms with Crippen molar-refractivity contribution in [3.05, 3.63) is 23.6 Å². The van der Waals surface area contributed by atoms with Crippen LogP contribution in [0.2, 0.25) is 0 Å². The van der Waals surface area contributed by atoms with Crippen LogP contribution in [0.25, 0.3) is 0 Å². The molecule has 0 amide bonds. The number of carboxylic acids is 1. The van der Waals surface area contributed by atoms with E-state index in [9.17, 15) is 22.4 Å². The molecule has 0 spiro atoms. The number of nitrogens with zero attached hydrogens (tertiary/aromatic N) is 1. The summed E-state index contributed by atoms with van der Waals surface area (Å²) in [7, 11) is 0. The highest BCUT2D eigenvalue weighted by molar-refractivity contribution is 5.93. The highest BCUT2D eigenvalue weighted by Gasteiger charge is 2.27. The lowest BCUT2D eigenvalue weighted by Crippen LogP contribution is -2.23. The number of nitrogens with one attached hydrogen (secondary N) is 1. The van der Waals surface area contributed by atoms with Gasteiger partial charge in [-0.05, 0) is 6.07 Å². The minimum absolute atomic E-state index is 0.522. The van der Waals surface area contributed by atoms with Gasteiger partial charge in [0.2, 0.25) is 0 Å². The van der Waals surface area contributed by atoms with Crippen LogP contribution >= 0.6 is 0 Å². The zero-order valence-corrected chi connectivity index (χ0v) is 7.68. The zero-order valence-electron chi connectivity index (χ0n) is 7.68. The number of rotatable bonds is 3. The first-order chi connectivity index (χ1) is 7.29. The Bertz CT molecular complexity index is 406. The normalized spacial score (nSPS) is 11.2. The van der Waals surface area contributed by atoms with E-state index in [1.807, 2.05) is 0 Å². The summed E-state index contributed by atoms with van der Waals surface area (Å²) in [6.07, 6.45) is -3.88. The first-order valence-electron chi connectivity index (χ1n) is 3.99. The molecule has 0 fully saturated rings. The fourth-order valence-corrected chi connectivity index (χ4v) is 0.927. The molecule has 1 rings (SSSR count). The quantitative estimate of drug-likeness (QED) is 0.789. The molecule has 0 aromatic carbocycles. The highest BCUT2D eigenvalue weighted by Crippen LogP contribution is 2.18. The molecule has 0 saturated heterocycles. The van der Waals surface area contributed by atoms with E-state index >= 15 is 0 Å². The Morgan fingerprint density at radius 1 is 1.50 bits per heavy atom. The number of aromatic nitrogens is 1. The van der Waals surface area contributed by atoms with Gasteiger partial charge in [-0.25, -0.2) is 14.2 Å². The fourth-order valence-electron chi connectivity index (χ4n) is 0.927. The molecule has 0 unspecified atom stereocenters. The molecule has 1 aromatic rings. The number of hydrogen-bond donors (Lipinski definition) is 2. The molecule has 0 saturated carbocycles. The van der Waals surface area contributed by atoms with Crippen LogP contribution in [0.4, 0.5) is 23.4 Å². The van der Waals surface area contributed by atoms with Crippen LogP contribution in [-0.4, -0.2) is 28.8 Å². The van der Waals surface area contributed by atoms with Gasteiger partial charge in [0.1, 0.15) is 23.7 Å². The zero-order chi connectivity index (χ0) is 12.3. The smallest absolute Gasteiger partial charge is 0.405 e. The molecule has 4 nitrogen and oxygen atoms in total. The third kappa shape index (κ3) is 3.37. The monoisotopic (exact) mass is 238 g/mol. The number of aromatic carboxylic acids is 1. The molecule has 0 radical (unpaired) electrons. The second-order valence-electron chi connectivity index (χ2n) is 2.82. The molecule has 0 bridgehead atoms. The number of carbonyl (C=O) groups is 1. The average Bonchev–Trinajstić information content (AvgIpc) is 2.14. The minimum atomic E-state index is -4.51. The molecule has 0 aliphatic rings. The van der Waals surface area contributed by atoms with E-state index in [2.05, 4.69) is 4.98 Å². The summed E-state index contributed by atoms with van der Waals surface area (Å²) in [5, 5.41) is 10.4. The Morgan fingerprint density at radius 2 is 2.12 bits per heavy atom. The molecule has 0 atom stereocenters. The molecule has 1 aromatic heterocycles. The summed E-state index contributed by atoms with van der Waals surface area (Å²) in [6.45, 7) is -1.44. The summed E-state index contributed by atoms with van der Waals surface area (Å²) in [6, 6.07) is 0.591. The van der Waals surface area contributed by atoms with E-state index in [1.54, 1.807) is 5.32 Å². The number of hydrogen-bond acceptors (Lipinski definition) is 3. The summed E-state index contributed by atoms with van der Waals surface area (Å²) >= 11 is 0. The molecule has 8 heteroatoms. The van der Waals surface area contributed by atoms with Crippen molar-refractivity contribution in [1.82, 2.24) is 4.98 Å². The summed E-state index contributed by atoms with van der Waals surface area (Å²) in [4.78, 5) is 13.8. The van der Waals surface area contributed by atoms with E-state index in [0.29, 0.717) is 12.3 Å². The van der Waals surface area contributed by atoms with Gasteiger partial charge < -0.3 is 10.4 Å². The van der Waals surface area contributed by atoms with Gasteiger partial charge in [0.15, 0.2) is 0 Å². The predicted octanol–water partition coefficient (Wildman–Crippen LogP) is 1.89. The maximum absolute atomic E-state index is 12.6. The number of anilines is 1. The standard InChI is InChI=1S/C8H6F4N2O2/c9-4-1-5(7(15)16)6(13-2-4)14-3-8(10,11)12/h1-2H,3H2,(H,13,14)(H,15,16). The Hall–Kier alpha value is -1.86. The van der Waals surface area contributed by atoms with E-state index in [1.165, 1.54) is 0 Å². The molecular weight excluding hydrogens is 232 g/mol. The van der Waals surface area contributed by atoms with Crippen molar-refractivity contribution in [2.75, 3.05) is 11.9 Å². The van der Waals surface area contributed by atoms with Crippen LogP contribution in [0.1, 0.15) is 10.4 Å². The van der Waals surface area contributed by atoms with Crippen LogP contribution in [0.3, 0.4) is 0 Å². The minimum Gasteiger partial charge on any atom is -0.478 e. The van der Waals surface area contributed by atoms with Crippen molar-refractivity contribution in [2.24, 2.45) is 0 Å². The van der Waals surface area contributed by atoms with Gasteiger partial charge in [0.25, 0.3) is 0 Å². The second-order valence-corrected chi connectivity index (χ2v) is 2.82. The Labute approximate surface area is 86.9 Å². The second kappa shape index (κ2) is 4.33. The van der Waals surface area contributed by atoms with Crippen molar-refractivity contribution in [3.8, 4) is 0 Å². The van der Waals surface area contributed by atoms with Crippen molar-refractivity contribution >= 4 is 11.8 Å². The molecule has 0 aliphatic carbocycles. The van der Waals surface area contributed by atoms with Crippen molar-refractivity contribution in [3.63, 3.8) is 0 Å². The first-order valence-corrected chi connectivity index (χ1v) is 3.99. The largest absolute Gasteiger partial charge is 0.478 e. The van der Waals surface area contributed by atoms with Gasteiger partial charge in [-0.15, -0.1) is 0 Å². The van der Waals surface area contributed by atoms with Crippen molar-refractivity contribution in [1.29, 1.82) is 0 Å². The van der Waals surface area contributed by atoms with Gasteiger partial charge in [-0.2, -0.15) is 13.2 Å². The maximum Gasteiger partial charge on any atom is 0.405 e. The third-order valence-corrected chi connectivity index (χ3v) is 1.54. The number of halogens is 4. The lowest BCUT2D eigenvalue weighted by molar-refractivity contribution is -0.115. The highest BCUT2D eigenvalue weighted by atomic mass is 19.4. The number of pyridine rings is 1. The van der Waals surface area contributed by atoms with Crippen molar-refractivity contribution in [2.45, 2.75) is 6.18 Å². The molecular formula is C8H6F4N2O2. The summed E-state index contributed by atoms with van der Waals surface area (Å²) < 4.78 is 48.1.